The summed E-state index contributed by atoms with van der Waals surface area (Å²) in [6.45, 7) is 1.40. The molecule has 3 rings (SSSR count). The number of halogens is 1. The molecule has 18 heavy (non-hydrogen) atoms. The Balaban J connectivity index is 1.86. The van der Waals surface area contributed by atoms with Gasteiger partial charge in [-0.25, -0.2) is 9.97 Å². The van der Waals surface area contributed by atoms with Gasteiger partial charge in [0.25, 0.3) is 0 Å². The molecule has 0 spiro atoms. The standard InChI is InChI=1S/C12H11IN4O/c13-11-5-6-14-12(15-11)16-17-7-8-18-10-4-2-1-3-9(10)17/h1-6H,7-8H2,(H,14,15,16). The highest BCUT2D eigenvalue weighted by atomic mass is 127. The summed E-state index contributed by atoms with van der Waals surface area (Å²) in [5, 5.41) is 2.00. The number of hydrogen-bond acceptors (Lipinski definition) is 5. The number of nitrogens with zero attached hydrogens (tertiary/aromatic N) is 3. The summed E-state index contributed by atoms with van der Waals surface area (Å²) in [6.07, 6.45) is 1.74. The smallest absolute Gasteiger partial charge is 0.242 e. The quantitative estimate of drug-likeness (QED) is 0.663. The van der Waals surface area contributed by atoms with Crippen LogP contribution in [0.15, 0.2) is 36.5 Å². The minimum Gasteiger partial charge on any atom is -0.489 e. The highest BCUT2D eigenvalue weighted by Crippen LogP contribution is 2.30. The SMILES string of the molecule is Ic1ccnc(NN2CCOc3ccccc32)n1. The van der Waals surface area contributed by atoms with Gasteiger partial charge < -0.3 is 4.74 Å². The molecule has 1 aromatic carbocycles. The minimum atomic E-state index is 0.596. The van der Waals surface area contributed by atoms with Crippen LogP contribution in [0.4, 0.5) is 11.6 Å². The molecule has 0 fully saturated rings. The number of nitrogens with one attached hydrogen (secondary N) is 1. The van der Waals surface area contributed by atoms with Gasteiger partial charge in [-0.15, -0.1) is 0 Å². The number of hydrogen-bond donors (Lipinski definition) is 1. The fourth-order valence-corrected chi connectivity index (χ4v) is 2.19. The van der Waals surface area contributed by atoms with Crippen LogP contribution >= 0.6 is 22.6 Å². The lowest BCUT2D eigenvalue weighted by Gasteiger charge is -2.31. The predicted molar refractivity (Wildman–Crippen MR) is 77.7 cm³/mol. The van der Waals surface area contributed by atoms with E-state index in [0.717, 1.165) is 21.7 Å². The maximum Gasteiger partial charge on any atom is 0.242 e. The summed E-state index contributed by atoms with van der Waals surface area (Å²) < 4.78 is 6.50. The van der Waals surface area contributed by atoms with Crippen LogP contribution in [0, 0.1) is 3.70 Å². The zero-order valence-corrected chi connectivity index (χ0v) is 11.7. The Labute approximate surface area is 118 Å². The first kappa shape index (κ1) is 11.5. The molecule has 2 aromatic rings. The summed E-state index contributed by atoms with van der Waals surface area (Å²) >= 11 is 2.17. The molecule has 0 amide bonds. The molecule has 0 saturated carbocycles. The maximum absolute atomic E-state index is 5.59. The van der Waals surface area contributed by atoms with Crippen molar-refractivity contribution in [1.82, 2.24) is 9.97 Å². The van der Waals surface area contributed by atoms with E-state index in [4.69, 9.17) is 4.74 Å². The molecular weight excluding hydrogens is 343 g/mol. The Hall–Kier alpha value is -1.57. The number of anilines is 2. The van der Waals surface area contributed by atoms with Gasteiger partial charge in [0.1, 0.15) is 16.1 Å². The molecule has 1 aliphatic heterocycles. The summed E-state index contributed by atoms with van der Waals surface area (Å²) in [5.74, 6) is 1.47. The van der Waals surface area contributed by atoms with Crippen LogP contribution in [-0.4, -0.2) is 23.1 Å². The number of rotatable bonds is 2. The van der Waals surface area contributed by atoms with Gasteiger partial charge in [-0.1, -0.05) is 12.1 Å². The summed E-state index contributed by atoms with van der Waals surface area (Å²) in [7, 11) is 0. The van der Waals surface area contributed by atoms with E-state index in [1.807, 2.05) is 35.3 Å². The molecule has 2 heterocycles. The largest absolute Gasteiger partial charge is 0.489 e. The van der Waals surface area contributed by atoms with Crippen molar-refractivity contribution in [3.63, 3.8) is 0 Å². The molecule has 0 atom stereocenters. The molecule has 0 bridgehead atoms. The van der Waals surface area contributed by atoms with E-state index >= 15 is 0 Å². The van der Waals surface area contributed by atoms with Gasteiger partial charge in [0, 0.05) is 6.20 Å². The Kier molecular flexibility index (Phi) is 3.18. The molecule has 0 unspecified atom stereocenters. The summed E-state index contributed by atoms with van der Waals surface area (Å²) in [5.41, 5.74) is 4.21. The number of hydrazine groups is 1. The third kappa shape index (κ3) is 2.33. The van der Waals surface area contributed by atoms with Crippen molar-refractivity contribution in [3.05, 3.63) is 40.2 Å². The Morgan fingerprint density at radius 1 is 1.28 bits per heavy atom. The molecule has 0 aliphatic carbocycles. The number of para-hydroxylation sites is 2. The minimum absolute atomic E-state index is 0.596. The van der Waals surface area contributed by atoms with Gasteiger partial charge in [0.05, 0.1) is 12.2 Å². The lowest BCUT2D eigenvalue weighted by atomic mass is 10.2. The van der Waals surface area contributed by atoms with Crippen molar-refractivity contribution < 1.29 is 4.74 Å². The summed E-state index contributed by atoms with van der Waals surface area (Å²) in [6, 6.07) is 9.77. The Bertz CT molecular complexity index is 563. The van der Waals surface area contributed by atoms with E-state index in [-0.39, 0.29) is 0 Å². The number of fused-ring (bicyclic) bond motifs is 1. The first-order chi connectivity index (χ1) is 8.83. The monoisotopic (exact) mass is 354 g/mol. The molecular formula is C12H11IN4O. The first-order valence-electron chi connectivity index (χ1n) is 5.57. The van der Waals surface area contributed by atoms with Crippen molar-refractivity contribution in [3.8, 4) is 5.75 Å². The molecule has 5 nitrogen and oxygen atoms in total. The average Bonchev–Trinajstić information content (AvgIpc) is 2.39. The predicted octanol–water partition coefficient (Wildman–Crippen LogP) is 2.31. The van der Waals surface area contributed by atoms with Crippen LogP contribution in [0.1, 0.15) is 0 Å². The molecule has 6 heteroatoms. The maximum atomic E-state index is 5.59. The number of aromatic nitrogens is 2. The Morgan fingerprint density at radius 3 is 3.06 bits per heavy atom. The molecule has 1 aromatic heterocycles. The second-order valence-corrected chi connectivity index (χ2v) is 4.89. The van der Waals surface area contributed by atoms with E-state index < -0.39 is 0 Å². The van der Waals surface area contributed by atoms with Gasteiger partial charge in [-0.05, 0) is 40.8 Å². The molecule has 0 saturated heterocycles. The van der Waals surface area contributed by atoms with Gasteiger partial charge in [-0.3, -0.25) is 10.4 Å². The average molecular weight is 354 g/mol. The van der Waals surface area contributed by atoms with Gasteiger partial charge in [0.15, 0.2) is 0 Å². The van der Waals surface area contributed by atoms with Crippen molar-refractivity contribution >= 4 is 34.2 Å². The fourth-order valence-electron chi connectivity index (χ4n) is 1.80. The highest BCUT2D eigenvalue weighted by molar-refractivity contribution is 14.1. The second-order valence-electron chi connectivity index (χ2n) is 3.78. The third-order valence-electron chi connectivity index (χ3n) is 2.59. The second kappa shape index (κ2) is 4.97. The lowest BCUT2D eigenvalue weighted by Crippen LogP contribution is -2.37. The number of benzene rings is 1. The van der Waals surface area contributed by atoms with E-state index in [2.05, 4.69) is 38.0 Å². The lowest BCUT2D eigenvalue weighted by molar-refractivity contribution is 0.311. The van der Waals surface area contributed by atoms with Crippen molar-refractivity contribution in [2.75, 3.05) is 23.6 Å². The molecule has 1 aliphatic rings. The van der Waals surface area contributed by atoms with Gasteiger partial charge in [-0.2, -0.15) is 0 Å². The van der Waals surface area contributed by atoms with Gasteiger partial charge in [0.2, 0.25) is 5.95 Å². The van der Waals surface area contributed by atoms with Crippen LogP contribution < -0.4 is 15.2 Å². The van der Waals surface area contributed by atoms with Crippen molar-refractivity contribution in [1.29, 1.82) is 0 Å². The molecule has 92 valence electrons. The summed E-state index contributed by atoms with van der Waals surface area (Å²) in [4.78, 5) is 8.52. The van der Waals surface area contributed by atoms with Crippen LogP contribution in [0.25, 0.3) is 0 Å². The Morgan fingerprint density at radius 2 is 2.17 bits per heavy atom. The van der Waals surface area contributed by atoms with Crippen molar-refractivity contribution in [2.45, 2.75) is 0 Å². The number of ether oxygens (including phenoxy) is 1. The molecule has 1 N–H and O–H groups in total. The van der Waals surface area contributed by atoms with Crippen LogP contribution in [0.5, 0.6) is 5.75 Å². The first-order valence-corrected chi connectivity index (χ1v) is 6.65. The van der Waals surface area contributed by atoms with E-state index in [1.165, 1.54) is 0 Å². The van der Waals surface area contributed by atoms with Gasteiger partial charge >= 0.3 is 0 Å². The topological polar surface area (TPSA) is 50.3 Å². The molecule has 0 radical (unpaired) electrons. The normalized spacial score (nSPS) is 13.7. The van der Waals surface area contributed by atoms with E-state index in [1.54, 1.807) is 6.20 Å². The van der Waals surface area contributed by atoms with E-state index in [9.17, 15) is 0 Å². The zero-order chi connectivity index (χ0) is 12.4. The van der Waals surface area contributed by atoms with Crippen LogP contribution in [-0.2, 0) is 0 Å². The van der Waals surface area contributed by atoms with E-state index in [0.29, 0.717) is 12.6 Å². The fraction of sp³-hybridized carbons (Fsp3) is 0.167. The van der Waals surface area contributed by atoms with Crippen LogP contribution in [0.2, 0.25) is 0 Å². The van der Waals surface area contributed by atoms with Crippen molar-refractivity contribution in [2.24, 2.45) is 0 Å². The zero-order valence-electron chi connectivity index (χ0n) is 9.51. The highest BCUT2D eigenvalue weighted by Gasteiger charge is 2.17. The third-order valence-corrected chi connectivity index (χ3v) is 3.19. The van der Waals surface area contributed by atoms with Crippen LogP contribution in [0.3, 0.4) is 0 Å².